The first kappa shape index (κ1) is 18.6. The van der Waals surface area contributed by atoms with Crippen molar-refractivity contribution in [2.45, 2.75) is 45.6 Å². The van der Waals surface area contributed by atoms with E-state index in [1.54, 1.807) is 7.11 Å². The Kier molecular flexibility index (Phi) is 9.47. The first-order valence-electron chi connectivity index (χ1n) is 7.83. The molecule has 5 heteroatoms. The Morgan fingerprint density at radius 3 is 2.73 bits per heavy atom. The molecule has 0 aliphatic carbocycles. The number of nitrogens with one attached hydrogen (secondary N) is 1. The lowest BCUT2D eigenvalue weighted by molar-refractivity contribution is -0.121. The molecule has 0 saturated heterocycles. The van der Waals surface area contributed by atoms with Gasteiger partial charge in [-0.15, -0.1) is 11.6 Å². The van der Waals surface area contributed by atoms with Gasteiger partial charge in [-0.3, -0.25) is 4.79 Å². The van der Waals surface area contributed by atoms with Crippen LogP contribution in [0.15, 0.2) is 18.2 Å². The lowest BCUT2D eigenvalue weighted by atomic mass is 10.2. The van der Waals surface area contributed by atoms with Gasteiger partial charge in [-0.2, -0.15) is 0 Å². The number of carbonyl (C=O) groups excluding carboxylic acids is 1. The summed E-state index contributed by atoms with van der Waals surface area (Å²) < 4.78 is 11.1. The van der Waals surface area contributed by atoms with Crippen LogP contribution in [0.25, 0.3) is 0 Å². The maximum absolute atomic E-state index is 11.6. The first-order chi connectivity index (χ1) is 10.7. The van der Waals surface area contributed by atoms with E-state index in [4.69, 9.17) is 21.1 Å². The van der Waals surface area contributed by atoms with Crippen molar-refractivity contribution >= 4 is 17.5 Å². The molecule has 0 aliphatic heterocycles. The zero-order chi connectivity index (χ0) is 16.2. The average Bonchev–Trinajstić information content (AvgIpc) is 2.55. The number of methoxy groups -OCH3 is 1. The van der Waals surface area contributed by atoms with Crippen LogP contribution in [0.3, 0.4) is 0 Å². The maximum atomic E-state index is 11.6. The molecule has 22 heavy (non-hydrogen) atoms. The largest absolute Gasteiger partial charge is 0.493 e. The molecule has 4 nitrogen and oxygen atoms in total. The van der Waals surface area contributed by atoms with Gasteiger partial charge in [0, 0.05) is 18.8 Å². The summed E-state index contributed by atoms with van der Waals surface area (Å²) >= 11 is 5.57. The van der Waals surface area contributed by atoms with E-state index in [-0.39, 0.29) is 5.91 Å². The maximum Gasteiger partial charge on any atom is 0.220 e. The molecule has 1 N–H and O–H groups in total. The van der Waals surface area contributed by atoms with Gasteiger partial charge in [-0.1, -0.05) is 25.8 Å². The normalized spacial score (nSPS) is 10.3. The minimum atomic E-state index is 0.0134. The van der Waals surface area contributed by atoms with Crippen LogP contribution in [0.5, 0.6) is 11.5 Å². The van der Waals surface area contributed by atoms with Crippen LogP contribution >= 0.6 is 11.6 Å². The average molecular weight is 328 g/mol. The number of carbonyl (C=O) groups is 1. The molecule has 0 spiro atoms. The lowest BCUT2D eigenvalue weighted by Crippen LogP contribution is -2.22. The van der Waals surface area contributed by atoms with Crippen LogP contribution in [-0.4, -0.2) is 25.5 Å². The molecule has 0 saturated carbocycles. The van der Waals surface area contributed by atoms with Crippen molar-refractivity contribution in [3.05, 3.63) is 23.8 Å². The fourth-order valence-electron chi connectivity index (χ4n) is 1.99. The Morgan fingerprint density at radius 2 is 2.05 bits per heavy atom. The van der Waals surface area contributed by atoms with Crippen LogP contribution in [0.1, 0.15) is 44.6 Å². The number of unbranched alkanes of at least 4 members (excludes halogenated alkanes) is 2. The molecule has 124 valence electrons. The Labute approximate surface area is 138 Å². The number of alkyl halides is 1. The molecule has 0 aliphatic rings. The quantitative estimate of drug-likeness (QED) is 0.495. The van der Waals surface area contributed by atoms with Gasteiger partial charge >= 0.3 is 0 Å². The molecular weight excluding hydrogens is 302 g/mol. The molecular formula is C17H26ClNO3. The third-order valence-corrected chi connectivity index (χ3v) is 3.53. The summed E-state index contributed by atoms with van der Waals surface area (Å²) in [5, 5.41) is 2.87. The second-order valence-corrected chi connectivity index (χ2v) is 5.49. The summed E-state index contributed by atoms with van der Waals surface area (Å²) in [6.45, 7) is 3.34. The van der Waals surface area contributed by atoms with Crippen molar-refractivity contribution in [2.24, 2.45) is 0 Å². The standard InChI is InChI=1S/C17H26ClNO3/c1-3-4-5-11-22-15-9-8-14(12-16(15)21-2)13-19-17(20)7-6-10-18/h8-9,12H,3-7,10-11,13H2,1-2H3,(H,19,20). The lowest BCUT2D eigenvalue weighted by Gasteiger charge is -2.12. The van der Waals surface area contributed by atoms with Crippen LogP contribution in [0.2, 0.25) is 0 Å². The molecule has 0 bridgehead atoms. The summed E-state index contributed by atoms with van der Waals surface area (Å²) in [7, 11) is 1.62. The predicted molar refractivity (Wildman–Crippen MR) is 89.8 cm³/mol. The summed E-state index contributed by atoms with van der Waals surface area (Å²) in [6.07, 6.45) is 4.52. The van der Waals surface area contributed by atoms with E-state index in [1.807, 2.05) is 18.2 Å². The minimum absolute atomic E-state index is 0.0134. The molecule has 0 aromatic heterocycles. The van der Waals surface area contributed by atoms with Gasteiger partial charge in [0.1, 0.15) is 0 Å². The second kappa shape index (κ2) is 11.2. The molecule has 0 unspecified atom stereocenters. The zero-order valence-electron chi connectivity index (χ0n) is 13.5. The fourth-order valence-corrected chi connectivity index (χ4v) is 2.13. The van der Waals surface area contributed by atoms with Gasteiger partial charge in [0.2, 0.25) is 5.91 Å². The molecule has 0 fully saturated rings. The Hall–Kier alpha value is -1.42. The molecule has 1 aromatic carbocycles. The van der Waals surface area contributed by atoms with Gasteiger partial charge in [0.05, 0.1) is 13.7 Å². The van der Waals surface area contributed by atoms with Crippen LogP contribution < -0.4 is 14.8 Å². The monoisotopic (exact) mass is 327 g/mol. The van der Waals surface area contributed by atoms with Gasteiger partial charge in [0.25, 0.3) is 0 Å². The topological polar surface area (TPSA) is 47.6 Å². The molecule has 1 aromatic rings. The third-order valence-electron chi connectivity index (χ3n) is 3.26. The van der Waals surface area contributed by atoms with E-state index in [0.717, 1.165) is 24.2 Å². The van der Waals surface area contributed by atoms with E-state index in [1.165, 1.54) is 6.42 Å². The van der Waals surface area contributed by atoms with Crippen LogP contribution in [0, 0.1) is 0 Å². The first-order valence-corrected chi connectivity index (χ1v) is 8.37. The minimum Gasteiger partial charge on any atom is -0.493 e. The number of rotatable bonds is 11. The van der Waals surface area contributed by atoms with Gasteiger partial charge < -0.3 is 14.8 Å². The van der Waals surface area contributed by atoms with E-state index in [9.17, 15) is 4.79 Å². The Balaban J connectivity index is 2.50. The van der Waals surface area contributed by atoms with Gasteiger partial charge in [0.15, 0.2) is 11.5 Å². The van der Waals surface area contributed by atoms with Crippen molar-refractivity contribution < 1.29 is 14.3 Å². The number of hydrogen-bond acceptors (Lipinski definition) is 3. The van der Waals surface area contributed by atoms with E-state index in [2.05, 4.69) is 12.2 Å². The SMILES string of the molecule is CCCCCOc1ccc(CNC(=O)CCCCl)cc1OC. The zero-order valence-corrected chi connectivity index (χ0v) is 14.2. The molecule has 1 rings (SSSR count). The number of ether oxygens (including phenoxy) is 2. The van der Waals surface area contributed by atoms with Crippen LogP contribution in [-0.2, 0) is 11.3 Å². The molecule has 0 atom stereocenters. The van der Waals surface area contributed by atoms with Gasteiger partial charge in [-0.25, -0.2) is 0 Å². The fraction of sp³-hybridized carbons (Fsp3) is 0.588. The predicted octanol–water partition coefficient (Wildman–Crippen LogP) is 3.90. The number of halogens is 1. The van der Waals surface area contributed by atoms with E-state index in [0.29, 0.717) is 37.6 Å². The van der Waals surface area contributed by atoms with E-state index < -0.39 is 0 Å². The third kappa shape index (κ3) is 7.03. The second-order valence-electron chi connectivity index (χ2n) is 5.11. The molecule has 0 heterocycles. The highest BCUT2D eigenvalue weighted by Crippen LogP contribution is 2.28. The Morgan fingerprint density at radius 1 is 1.23 bits per heavy atom. The van der Waals surface area contributed by atoms with Crippen molar-refractivity contribution in [1.82, 2.24) is 5.32 Å². The highest BCUT2D eigenvalue weighted by Gasteiger charge is 2.07. The summed E-state index contributed by atoms with van der Waals surface area (Å²) in [5.41, 5.74) is 0.983. The van der Waals surface area contributed by atoms with Crippen LogP contribution in [0.4, 0.5) is 0 Å². The van der Waals surface area contributed by atoms with Crippen molar-refractivity contribution in [3.63, 3.8) is 0 Å². The van der Waals surface area contributed by atoms with Gasteiger partial charge in [-0.05, 0) is 30.5 Å². The number of hydrogen-bond donors (Lipinski definition) is 1. The summed E-state index contributed by atoms with van der Waals surface area (Å²) in [6, 6.07) is 5.74. The van der Waals surface area contributed by atoms with E-state index >= 15 is 0 Å². The number of amides is 1. The smallest absolute Gasteiger partial charge is 0.220 e. The highest BCUT2D eigenvalue weighted by molar-refractivity contribution is 6.17. The Bertz CT molecular complexity index is 452. The molecule has 1 amide bonds. The highest BCUT2D eigenvalue weighted by atomic mass is 35.5. The van der Waals surface area contributed by atoms with Crippen molar-refractivity contribution in [2.75, 3.05) is 19.6 Å². The number of benzene rings is 1. The van der Waals surface area contributed by atoms with Crippen molar-refractivity contribution in [3.8, 4) is 11.5 Å². The summed E-state index contributed by atoms with van der Waals surface area (Å²) in [5.74, 6) is 1.96. The van der Waals surface area contributed by atoms with Crippen molar-refractivity contribution in [1.29, 1.82) is 0 Å². The summed E-state index contributed by atoms with van der Waals surface area (Å²) in [4.78, 5) is 11.6. The molecule has 0 radical (unpaired) electrons.